The molecule has 2 N–H and O–H groups in total. The van der Waals surface area contributed by atoms with Crippen LogP contribution in [0.3, 0.4) is 0 Å². The van der Waals surface area contributed by atoms with Crippen LogP contribution < -0.4 is 9.47 Å². The molecule has 6 heteroatoms. The fraction of sp³-hybridized carbons (Fsp3) is 0.0769. The zero-order valence-corrected chi connectivity index (χ0v) is 19.2. The van der Waals surface area contributed by atoms with Crippen LogP contribution in [-0.4, -0.2) is 24.4 Å². The lowest BCUT2D eigenvalue weighted by Gasteiger charge is -2.17. The first-order valence-corrected chi connectivity index (χ1v) is 11.5. The first-order valence-electron chi connectivity index (χ1n) is 9.87. The highest BCUT2D eigenvalue weighted by molar-refractivity contribution is 7.99. The third-order valence-electron chi connectivity index (χ3n) is 4.79. The molecule has 0 aliphatic carbocycles. The Kier molecular flexibility index (Phi) is 6.83. The Morgan fingerprint density at radius 3 is 1.28 bits per heavy atom. The smallest absolute Gasteiger partial charge is 0.130 e. The first kappa shape index (κ1) is 22.0. The van der Waals surface area contributed by atoms with Crippen LogP contribution in [0.5, 0.6) is 23.0 Å². The Labute approximate surface area is 195 Å². The second kappa shape index (κ2) is 9.94. The van der Waals surface area contributed by atoms with Gasteiger partial charge in [-0.1, -0.05) is 59.9 Å². The highest BCUT2D eigenvalue weighted by Crippen LogP contribution is 2.47. The topological polar surface area (TPSA) is 58.9 Å². The van der Waals surface area contributed by atoms with Gasteiger partial charge in [-0.25, -0.2) is 0 Å². The van der Waals surface area contributed by atoms with Gasteiger partial charge in [0, 0.05) is 20.9 Å². The van der Waals surface area contributed by atoms with Gasteiger partial charge < -0.3 is 19.7 Å². The Morgan fingerprint density at radius 1 is 0.562 bits per heavy atom. The number of aromatic hydroxyl groups is 2. The van der Waals surface area contributed by atoms with E-state index in [4.69, 9.17) is 9.47 Å². The maximum absolute atomic E-state index is 10.7. The molecule has 0 fully saturated rings. The maximum Gasteiger partial charge on any atom is 0.130 e. The van der Waals surface area contributed by atoms with Gasteiger partial charge in [-0.2, -0.15) is 0 Å². The molecule has 0 saturated carbocycles. The molecule has 0 aliphatic rings. The van der Waals surface area contributed by atoms with Crippen LogP contribution in [0.25, 0.3) is 11.1 Å². The summed E-state index contributed by atoms with van der Waals surface area (Å²) in [6.45, 7) is 0. The van der Waals surface area contributed by atoms with Crippen molar-refractivity contribution in [3.63, 3.8) is 0 Å². The van der Waals surface area contributed by atoms with Crippen molar-refractivity contribution in [1.82, 2.24) is 0 Å². The van der Waals surface area contributed by atoms with Crippen LogP contribution >= 0.6 is 23.5 Å². The van der Waals surface area contributed by atoms with E-state index in [2.05, 4.69) is 0 Å². The van der Waals surface area contributed by atoms with Gasteiger partial charge in [0.05, 0.1) is 24.0 Å². The summed E-state index contributed by atoms with van der Waals surface area (Å²) in [7, 11) is 3.16. The summed E-state index contributed by atoms with van der Waals surface area (Å²) in [4.78, 5) is 3.37. The maximum atomic E-state index is 10.7. The van der Waals surface area contributed by atoms with Crippen molar-refractivity contribution in [1.29, 1.82) is 0 Å². The monoisotopic (exact) mass is 462 g/mol. The molecule has 0 radical (unpaired) electrons. The second-order valence-corrected chi connectivity index (χ2v) is 9.10. The van der Waals surface area contributed by atoms with E-state index < -0.39 is 0 Å². The van der Waals surface area contributed by atoms with E-state index in [-0.39, 0.29) is 11.5 Å². The van der Waals surface area contributed by atoms with E-state index in [1.54, 1.807) is 38.5 Å². The highest BCUT2D eigenvalue weighted by atomic mass is 32.2. The standard InChI is InChI=1S/C26H22O4S2/c1-29-23-15-25(31-17-9-5-3-6-10-17)21(27)13-19(23)20-14-22(28)26(16-24(20)30-2)32-18-11-7-4-8-12-18/h3-16,27-28H,1-2H3. The molecule has 0 aromatic heterocycles. The van der Waals surface area contributed by atoms with E-state index in [1.165, 1.54) is 23.5 Å². The Hall–Kier alpha value is -3.22. The van der Waals surface area contributed by atoms with Crippen molar-refractivity contribution < 1.29 is 19.7 Å². The molecule has 32 heavy (non-hydrogen) atoms. The quantitative estimate of drug-likeness (QED) is 0.306. The summed E-state index contributed by atoms with van der Waals surface area (Å²) < 4.78 is 11.3. The van der Waals surface area contributed by atoms with Crippen molar-refractivity contribution in [2.45, 2.75) is 19.6 Å². The summed E-state index contributed by atoms with van der Waals surface area (Å²) in [5, 5.41) is 21.5. The molecule has 0 bridgehead atoms. The Morgan fingerprint density at radius 2 is 0.938 bits per heavy atom. The van der Waals surface area contributed by atoms with Gasteiger partial charge in [-0.05, 0) is 48.5 Å². The van der Waals surface area contributed by atoms with E-state index in [0.717, 1.165) is 9.79 Å². The minimum Gasteiger partial charge on any atom is -0.507 e. The lowest BCUT2D eigenvalue weighted by Crippen LogP contribution is -1.94. The lowest BCUT2D eigenvalue weighted by atomic mass is 10.0. The molecule has 4 aromatic rings. The second-order valence-electron chi connectivity index (χ2n) is 6.87. The number of phenols is 2. The molecule has 0 unspecified atom stereocenters. The minimum absolute atomic E-state index is 0.124. The summed E-state index contributed by atoms with van der Waals surface area (Å²) in [6.07, 6.45) is 0. The van der Waals surface area contributed by atoms with Crippen LogP contribution in [0.1, 0.15) is 0 Å². The zero-order chi connectivity index (χ0) is 22.5. The summed E-state index contributed by atoms with van der Waals surface area (Å²) >= 11 is 2.90. The number of benzene rings is 4. The third kappa shape index (κ3) is 4.82. The van der Waals surface area contributed by atoms with Gasteiger partial charge in [0.1, 0.15) is 23.0 Å². The molecule has 0 heterocycles. The van der Waals surface area contributed by atoms with Crippen LogP contribution in [0.2, 0.25) is 0 Å². The Bertz CT molecular complexity index is 1110. The first-order chi connectivity index (χ1) is 15.6. The van der Waals surface area contributed by atoms with Gasteiger partial charge in [-0.3, -0.25) is 0 Å². The number of ether oxygens (including phenoxy) is 2. The average Bonchev–Trinajstić information content (AvgIpc) is 2.82. The number of rotatable bonds is 7. The van der Waals surface area contributed by atoms with Crippen LogP contribution in [0.15, 0.2) is 105 Å². The van der Waals surface area contributed by atoms with Crippen molar-refractivity contribution in [3.05, 3.63) is 84.9 Å². The number of hydrogen-bond acceptors (Lipinski definition) is 6. The van der Waals surface area contributed by atoms with Gasteiger partial charge in [0.25, 0.3) is 0 Å². The van der Waals surface area contributed by atoms with Gasteiger partial charge in [0.2, 0.25) is 0 Å². The van der Waals surface area contributed by atoms with E-state index >= 15 is 0 Å². The SMILES string of the molecule is COc1cc(Sc2ccccc2)c(O)cc1-c1cc(O)c(Sc2ccccc2)cc1OC. The zero-order valence-electron chi connectivity index (χ0n) is 17.6. The summed E-state index contributed by atoms with van der Waals surface area (Å²) in [6, 6.07) is 26.5. The largest absolute Gasteiger partial charge is 0.507 e. The van der Waals surface area contributed by atoms with Crippen LogP contribution in [-0.2, 0) is 0 Å². The van der Waals surface area contributed by atoms with Gasteiger partial charge in [0.15, 0.2) is 0 Å². The Balaban J connectivity index is 1.73. The van der Waals surface area contributed by atoms with Crippen molar-refractivity contribution in [2.75, 3.05) is 14.2 Å². The molecule has 0 atom stereocenters. The number of phenolic OH excluding ortho intramolecular Hbond substituents is 2. The molecular formula is C26H22O4S2. The van der Waals surface area contributed by atoms with E-state index in [1.807, 2.05) is 60.7 Å². The van der Waals surface area contributed by atoms with E-state index in [9.17, 15) is 10.2 Å². The summed E-state index contributed by atoms with van der Waals surface area (Å²) in [5.41, 5.74) is 1.26. The molecule has 4 nitrogen and oxygen atoms in total. The fourth-order valence-electron chi connectivity index (χ4n) is 3.25. The van der Waals surface area contributed by atoms with Crippen molar-refractivity contribution in [3.8, 4) is 34.1 Å². The number of hydrogen-bond donors (Lipinski definition) is 2. The normalized spacial score (nSPS) is 10.7. The predicted octanol–water partition coefficient (Wildman–Crippen LogP) is 7.08. The molecule has 4 rings (SSSR count). The predicted molar refractivity (Wildman–Crippen MR) is 129 cm³/mol. The molecule has 0 amide bonds. The van der Waals surface area contributed by atoms with Gasteiger partial charge in [-0.15, -0.1) is 0 Å². The molecule has 162 valence electrons. The van der Waals surface area contributed by atoms with Crippen LogP contribution in [0.4, 0.5) is 0 Å². The molecule has 0 aliphatic heterocycles. The summed E-state index contributed by atoms with van der Waals surface area (Å²) in [5.74, 6) is 1.39. The van der Waals surface area contributed by atoms with Gasteiger partial charge >= 0.3 is 0 Å². The third-order valence-corrected chi connectivity index (χ3v) is 6.90. The molecular weight excluding hydrogens is 440 g/mol. The minimum atomic E-state index is 0.124. The molecule has 4 aromatic carbocycles. The van der Waals surface area contributed by atoms with Crippen LogP contribution in [0, 0.1) is 0 Å². The van der Waals surface area contributed by atoms with Crippen molar-refractivity contribution in [2.24, 2.45) is 0 Å². The molecule has 0 saturated heterocycles. The fourth-order valence-corrected chi connectivity index (χ4v) is 5.01. The highest BCUT2D eigenvalue weighted by Gasteiger charge is 2.19. The van der Waals surface area contributed by atoms with E-state index in [0.29, 0.717) is 32.4 Å². The average molecular weight is 463 g/mol. The van der Waals surface area contributed by atoms with Crippen molar-refractivity contribution >= 4 is 23.5 Å². The molecule has 0 spiro atoms. The number of methoxy groups -OCH3 is 2. The lowest BCUT2D eigenvalue weighted by molar-refractivity contribution is 0.404.